The molecule has 0 aliphatic heterocycles. The Bertz CT molecular complexity index is 404. The Balaban J connectivity index is 2.42. The highest BCUT2D eigenvalue weighted by Crippen LogP contribution is 2.20. The van der Waals surface area contributed by atoms with Crippen LogP contribution in [-0.4, -0.2) is 25.6 Å². The average molecular weight is 292 g/mol. The minimum absolute atomic E-state index is 0.0633. The third-order valence-electron chi connectivity index (χ3n) is 3.36. The molecule has 2 N–H and O–H groups in total. The molecule has 1 unspecified atom stereocenters. The summed E-state index contributed by atoms with van der Waals surface area (Å²) in [7, 11) is 0. The number of carbonyl (C=O) groups is 1. The van der Waals surface area contributed by atoms with Crippen LogP contribution in [0.2, 0.25) is 0 Å². The predicted octanol–water partition coefficient (Wildman–Crippen LogP) is 3.04. The van der Waals surface area contributed by atoms with Gasteiger partial charge >= 0.3 is 0 Å². The smallest absolute Gasteiger partial charge is 0.257 e. The van der Waals surface area contributed by atoms with Crippen LogP contribution in [0, 0.1) is 0 Å². The summed E-state index contributed by atoms with van der Waals surface area (Å²) in [5.41, 5.74) is 1.25. The minimum Gasteiger partial charge on any atom is -0.484 e. The van der Waals surface area contributed by atoms with Crippen LogP contribution in [0.5, 0.6) is 5.75 Å². The van der Waals surface area contributed by atoms with E-state index in [0.29, 0.717) is 6.04 Å². The number of amides is 1. The summed E-state index contributed by atoms with van der Waals surface area (Å²) in [6.45, 7) is 8.12. The zero-order valence-corrected chi connectivity index (χ0v) is 13.4. The molecule has 0 bridgehead atoms. The standard InChI is InChI=1S/C17H28N2O2/c1-4-7-12-19-17(20)13-21-15-10-8-14(9-11-15)16(5-2)18-6-3/h8-11,16,18H,4-7,12-13H2,1-3H3,(H,19,20). The number of benzene rings is 1. The van der Waals surface area contributed by atoms with E-state index >= 15 is 0 Å². The molecule has 1 atom stereocenters. The maximum Gasteiger partial charge on any atom is 0.257 e. The van der Waals surface area contributed by atoms with Gasteiger partial charge in [-0.25, -0.2) is 0 Å². The average Bonchev–Trinajstić information content (AvgIpc) is 2.51. The molecule has 0 aliphatic carbocycles. The third-order valence-corrected chi connectivity index (χ3v) is 3.36. The van der Waals surface area contributed by atoms with Gasteiger partial charge in [0.05, 0.1) is 0 Å². The summed E-state index contributed by atoms with van der Waals surface area (Å²) in [6.07, 6.45) is 3.13. The van der Waals surface area contributed by atoms with Crippen molar-refractivity contribution in [3.05, 3.63) is 29.8 Å². The highest BCUT2D eigenvalue weighted by molar-refractivity contribution is 5.77. The Kier molecular flexibility index (Phi) is 8.51. The Morgan fingerprint density at radius 3 is 2.48 bits per heavy atom. The Hall–Kier alpha value is -1.55. The second-order valence-electron chi connectivity index (χ2n) is 5.08. The van der Waals surface area contributed by atoms with Crippen LogP contribution >= 0.6 is 0 Å². The van der Waals surface area contributed by atoms with Gasteiger partial charge in [0.2, 0.25) is 0 Å². The molecule has 0 heterocycles. The molecule has 0 aromatic heterocycles. The lowest BCUT2D eigenvalue weighted by molar-refractivity contribution is -0.123. The molecular formula is C17H28N2O2. The number of nitrogens with one attached hydrogen (secondary N) is 2. The number of unbranched alkanes of at least 4 members (excludes halogenated alkanes) is 1. The van der Waals surface area contributed by atoms with Crippen LogP contribution in [0.3, 0.4) is 0 Å². The molecule has 118 valence electrons. The van der Waals surface area contributed by atoms with Gasteiger partial charge in [0.25, 0.3) is 5.91 Å². The summed E-state index contributed by atoms with van der Waals surface area (Å²) < 4.78 is 5.49. The van der Waals surface area contributed by atoms with Crippen LogP contribution in [0.1, 0.15) is 51.6 Å². The first-order valence-corrected chi connectivity index (χ1v) is 7.94. The first kappa shape index (κ1) is 17.5. The van der Waals surface area contributed by atoms with E-state index in [4.69, 9.17) is 4.74 Å². The van der Waals surface area contributed by atoms with Gasteiger partial charge < -0.3 is 15.4 Å². The van der Waals surface area contributed by atoms with Crippen molar-refractivity contribution in [3.63, 3.8) is 0 Å². The van der Waals surface area contributed by atoms with Crippen LogP contribution < -0.4 is 15.4 Å². The number of hydrogen-bond donors (Lipinski definition) is 2. The molecule has 1 rings (SSSR count). The molecule has 0 aliphatic rings. The van der Waals surface area contributed by atoms with Crippen LogP contribution in [0.4, 0.5) is 0 Å². The van der Waals surface area contributed by atoms with E-state index in [9.17, 15) is 4.79 Å². The van der Waals surface area contributed by atoms with Crippen molar-refractivity contribution in [2.75, 3.05) is 19.7 Å². The molecular weight excluding hydrogens is 264 g/mol. The van der Waals surface area contributed by atoms with Crippen LogP contribution in [0.25, 0.3) is 0 Å². The van der Waals surface area contributed by atoms with Crippen molar-refractivity contribution in [2.24, 2.45) is 0 Å². The highest BCUT2D eigenvalue weighted by atomic mass is 16.5. The van der Waals surface area contributed by atoms with Gasteiger partial charge in [-0.1, -0.05) is 39.3 Å². The van der Waals surface area contributed by atoms with Gasteiger partial charge in [0.1, 0.15) is 5.75 Å². The van der Waals surface area contributed by atoms with Crippen LogP contribution in [-0.2, 0) is 4.79 Å². The van der Waals surface area contributed by atoms with Crippen molar-refractivity contribution in [1.82, 2.24) is 10.6 Å². The maximum absolute atomic E-state index is 11.6. The number of ether oxygens (including phenoxy) is 1. The van der Waals surface area contributed by atoms with Gasteiger partial charge in [-0.2, -0.15) is 0 Å². The lowest BCUT2D eigenvalue weighted by atomic mass is 10.0. The molecule has 0 radical (unpaired) electrons. The summed E-state index contributed by atoms with van der Waals surface area (Å²) in [4.78, 5) is 11.6. The van der Waals surface area contributed by atoms with E-state index in [1.807, 2.05) is 12.1 Å². The molecule has 1 amide bonds. The molecule has 0 fully saturated rings. The van der Waals surface area contributed by atoms with E-state index in [1.165, 1.54) is 5.56 Å². The largest absolute Gasteiger partial charge is 0.484 e. The molecule has 0 saturated carbocycles. The van der Waals surface area contributed by atoms with Gasteiger partial charge in [0.15, 0.2) is 6.61 Å². The maximum atomic E-state index is 11.6. The van der Waals surface area contributed by atoms with E-state index < -0.39 is 0 Å². The summed E-state index contributed by atoms with van der Waals surface area (Å²) in [5.74, 6) is 0.669. The Morgan fingerprint density at radius 2 is 1.90 bits per heavy atom. The van der Waals surface area contributed by atoms with Crippen molar-refractivity contribution >= 4 is 5.91 Å². The quantitative estimate of drug-likeness (QED) is 0.652. The SMILES string of the molecule is CCCCNC(=O)COc1ccc(C(CC)NCC)cc1. The van der Waals surface area contributed by atoms with Crippen molar-refractivity contribution in [1.29, 1.82) is 0 Å². The van der Waals surface area contributed by atoms with E-state index in [2.05, 4.69) is 43.5 Å². The zero-order chi connectivity index (χ0) is 15.5. The second kappa shape index (κ2) is 10.2. The van der Waals surface area contributed by atoms with Gasteiger partial charge in [-0.3, -0.25) is 4.79 Å². The molecule has 4 heteroatoms. The van der Waals surface area contributed by atoms with E-state index in [-0.39, 0.29) is 12.5 Å². The fourth-order valence-corrected chi connectivity index (χ4v) is 2.15. The van der Waals surface area contributed by atoms with Gasteiger partial charge in [0, 0.05) is 12.6 Å². The summed E-state index contributed by atoms with van der Waals surface area (Å²) in [6, 6.07) is 8.34. The Labute approximate surface area is 128 Å². The number of hydrogen-bond acceptors (Lipinski definition) is 3. The minimum atomic E-state index is -0.0633. The topological polar surface area (TPSA) is 50.4 Å². The summed E-state index contributed by atoms with van der Waals surface area (Å²) in [5, 5.41) is 6.28. The van der Waals surface area contributed by atoms with E-state index in [0.717, 1.165) is 38.1 Å². The number of carbonyl (C=O) groups excluding carboxylic acids is 1. The molecule has 0 saturated heterocycles. The molecule has 1 aromatic rings. The highest BCUT2D eigenvalue weighted by Gasteiger charge is 2.08. The zero-order valence-electron chi connectivity index (χ0n) is 13.4. The lowest BCUT2D eigenvalue weighted by Crippen LogP contribution is -2.29. The number of rotatable bonds is 10. The summed E-state index contributed by atoms with van der Waals surface area (Å²) >= 11 is 0. The van der Waals surface area contributed by atoms with Crippen molar-refractivity contribution in [2.45, 2.75) is 46.1 Å². The fraction of sp³-hybridized carbons (Fsp3) is 0.588. The van der Waals surface area contributed by atoms with Gasteiger partial charge in [-0.15, -0.1) is 0 Å². The normalized spacial score (nSPS) is 12.0. The second-order valence-corrected chi connectivity index (χ2v) is 5.08. The third kappa shape index (κ3) is 6.63. The van der Waals surface area contributed by atoms with Crippen molar-refractivity contribution < 1.29 is 9.53 Å². The molecule has 21 heavy (non-hydrogen) atoms. The Morgan fingerprint density at radius 1 is 1.19 bits per heavy atom. The first-order chi connectivity index (χ1) is 10.2. The molecule has 1 aromatic carbocycles. The fourth-order valence-electron chi connectivity index (χ4n) is 2.15. The monoisotopic (exact) mass is 292 g/mol. The van der Waals surface area contributed by atoms with Gasteiger partial charge in [-0.05, 0) is 37.1 Å². The first-order valence-electron chi connectivity index (χ1n) is 7.94. The molecule has 0 spiro atoms. The van der Waals surface area contributed by atoms with Crippen molar-refractivity contribution in [3.8, 4) is 5.75 Å². The van der Waals surface area contributed by atoms with E-state index in [1.54, 1.807) is 0 Å². The lowest BCUT2D eigenvalue weighted by Gasteiger charge is -2.16. The predicted molar refractivity (Wildman–Crippen MR) is 86.6 cm³/mol. The molecule has 4 nitrogen and oxygen atoms in total. The van der Waals surface area contributed by atoms with Crippen LogP contribution in [0.15, 0.2) is 24.3 Å².